The zero-order valence-electron chi connectivity index (χ0n) is 10.4. The van der Waals surface area contributed by atoms with E-state index in [1.54, 1.807) is 11.9 Å². The molecule has 0 saturated carbocycles. The molecule has 0 fully saturated rings. The van der Waals surface area contributed by atoms with Crippen molar-refractivity contribution in [2.24, 2.45) is 0 Å². The van der Waals surface area contributed by atoms with Gasteiger partial charge in [0.05, 0.1) is 11.8 Å². The van der Waals surface area contributed by atoms with Crippen molar-refractivity contribution in [3.8, 4) is 5.75 Å². The number of anilines is 1. The number of hydrogen-bond acceptors (Lipinski definition) is 4. The van der Waals surface area contributed by atoms with Gasteiger partial charge in [-0.15, -0.1) is 0 Å². The van der Waals surface area contributed by atoms with Crippen molar-refractivity contribution in [3.63, 3.8) is 0 Å². The molecule has 0 aliphatic rings. The molecule has 0 aliphatic carbocycles. The van der Waals surface area contributed by atoms with Crippen LogP contribution < -0.4 is 5.32 Å². The average molecular weight is 395 g/mol. The Morgan fingerprint density at radius 3 is 3.05 bits per heavy atom. The van der Waals surface area contributed by atoms with E-state index in [4.69, 9.17) is 0 Å². The Labute approximate surface area is 126 Å². The molecule has 6 nitrogen and oxygen atoms in total. The van der Waals surface area contributed by atoms with Crippen LogP contribution in [0.2, 0.25) is 0 Å². The summed E-state index contributed by atoms with van der Waals surface area (Å²) in [5, 5.41) is 11.8. The highest BCUT2D eigenvalue weighted by molar-refractivity contribution is 14.2. The van der Waals surface area contributed by atoms with Gasteiger partial charge in [0, 0.05) is 13.6 Å². The van der Waals surface area contributed by atoms with Crippen molar-refractivity contribution >= 4 is 46.4 Å². The number of pyridine rings is 1. The zero-order chi connectivity index (χ0) is 14.3. The summed E-state index contributed by atoms with van der Waals surface area (Å²) in [4.78, 5) is 28.1. The van der Waals surface area contributed by atoms with Gasteiger partial charge >= 0.3 is 0 Å². The summed E-state index contributed by atoms with van der Waals surface area (Å²) >= 11 is 2.32. The molecule has 0 spiro atoms. The molecule has 0 bridgehead atoms. The maximum atomic E-state index is 12.2. The molecule has 0 radical (unpaired) electrons. The number of aromatic nitrogens is 1. The van der Waals surface area contributed by atoms with Crippen LogP contribution in [0, 0.1) is 0 Å². The third kappa shape index (κ3) is 4.91. The number of amides is 2. The summed E-state index contributed by atoms with van der Waals surface area (Å²) in [5.74, 6) is -0.230. The first kappa shape index (κ1) is 16.1. The van der Waals surface area contributed by atoms with Gasteiger partial charge in [0.25, 0.3) is 5.91 Å². The van der Waals surface area contributed by atoms with Crippen LogP contribution in [0.5, 0.6) is 5.75 Å². The van der Waals surface area contributed by atoms with Gasteiger partial charge in [-0.1, -0.05) is 28.3 Å². The van der Waals surface area contributed by atoms with Crippen LogP contribution in [0.15, 0.2) is 12.3 Å². The molecule has 2 amide bonds. The molecule has 104 valence electrons. The maximum Gasteiger partial charge on any atom is 0.257 e. The zero-order valence-corrected chi connectivity index (χ0v) is 13.5. The van der Waals surface area contributed by atoms with Crippen LogP contribution in [0.1, 0.15) is 16.8 Å². The van der Waals surface area contributed by atoms with Crippen LogP contribution in [0.3, 0.4) is 0 Å². The first-order valence-electron chi connectivity index (χ1n) is 5.58. The smallest absolute Gasteiger partial charge is 0.257 e. The van der Waals surface area contributed by atoms with Crippen molar-refractivity contribution in [3.05, 3.63) is 17.8 Å². The highest BCUT2D eigenvalue weighted by atomic mass is 127. The highest BCUT2D eigenvalue weighted by Gasteiger charge is 2.17. The molecule has 1 atom stereocenters. The first-order chi connectivity index (χ1) is 9.10. The second-order valence-electron chi connectivity index (χ2n) is 3.82. The fourth-order valence-corrected chi connectivity index (χ4v) is 2.91. The minimum absolute atomic E-state index is 0.109. The van der Waals surface area contributed by atoms with Crippen molar-refractivity contribution < 1.29 is 14.7 Å². The first-order valence-corrected chi connectivity index (χ1v) is 9.90. The Kier molecular flexibility index (Phi) is 7.01. The average Bonchev–Trinajstić information content (AvgIpc) is 2.40. The van der Waals surface area contributed by atoms with E-state index in [-0.39, 0.29) is 23.0 Å². The van der Waals surface area contributed by atoms with Crippen molar-refractivity contribution in [1.29, 1.82) is 0 Å². The molecule has 1 unspecified atom stereocenters. The molecule has 0 saturated heterocycles. The Balaban J connectivity index is 2.84. The van der Waals surface area contributed by atoms with Crippen LogP contribution >= 0.6 is 28.3 Å². The van der Waals surface area contributed by atoms with Gasteiger partial charge in [-0.3, -0.25) is 9.59 Å². The maximum absolute atomic E-state index is 12.2. The summed E-state index contributed by atoms with van der Waals surface area (Å²) < 4.78 is 0. The minimum Gasteiger partial charge on any atom is -0.506 e. The third-order valence-electron chi connectivity index (χ3n) is 2.41. The van der Waals surface area contributed by atoms with Gasteiger partial charge in [-0.05, 0) is 18.6 Å². The van der Waals surface area contributed by atoms with Crippen LogP contribution in [0.25, 0.3) is 0 Å². The lowest BCUT2D eigenvalue weighted by Crippen LogP contribution is -2.29. The number of carbonyl (C=O) groups excluding carboxylic acids is 2. The number of nitrogens with one attached hydrogen (secondary N) is 1. The van der Waals surface area contributed by atoms with E-state index in [1.165, 1.54) is 12.3 Å². The molecule has 2 N–H and O–H groups in total. The topological polar surface area (TPSA) is 82.5 Å². The monoisotopic (exact) mass is 395 g/mol. The minimum atomic E-state index is -0.274. The third-order valence-corrected chi connectivity index (χ3v) is 4.57. The molecule has 0 aliphatic heterocycles. The Morgan fingerprint density at radius 2 is 2.42 bits per heavy atom. The molecule has 8 heteroatoms. The number of carbonyl (C=O) groups is 2. The molecular formula is C11H15IN3O3P. The second kappa shape index (κ2) is 8.27. The summed E-state index contributed by atoms with van der Waals surface area (Å²) in [6.45, 7) is 0.630. The molecule has 1 heterocycles. The lowest BCUT2D eigenvalue weighted by atomic mass is 10.2. The second-order valence-corrected chi connectivity index (χ2v) is 6.87. The largest absolute Gasteiger partial charge is 0.506 e. The SMILES string of the molecule is CN(CCCPI)C(=O)c1cc(O)cnc1NC=O. The summed E-state index contributed by atoms with van der Waals surface area (Å²) in [5.41, 5.74) is 0.187. The molecule has 1 rings (SSSR count). The lowest BCUT2D eigenvalue weighted by Gasteiger charge is -2.18. The van der Waals surface area contributed by atoms with Crippen molar-refractivity contribution in [2.75, 3.05) is 25.1 Å². The van der Waals surface area contributed by atoms with E-state index < -0.39 is 0 Å². The number of halogens is 1. The summed E-state index contributed by atoms with van der Waals surface area (Å²) in [7, 11) is 1.69. The summed E-state index contributed by atoms with van der Waals surface area (Å²) in [6.07, 6.45) is 4.45. The van der Waals surface area contributed by atoms with Gasteiger partial charge < -0.3 is 15.3 Å². The Hall–Kier alpha value is -0.950. The number of hydrogen-bond donors (Lipinski definition) is 2. The normalized spacial score (nSPS) is 10.6. The standard InChI is InChI=1S/C11H15IN3O3P/c1-15(3-2-4-19-12)11(18)9-5-8(17)6-13-10(9)14-7-16/h5-7,17,19H,2-4H2,1H3,(H,13,14,16). The molecular weight excluding hydrogens is 380 g/mol. The van der Waals surface area contributed by atoms with Gasteiger partial charge in [-0.25, -0.2) is 4.98 Å². The molecule has 1 aromatic rings. The quantitative estimate of drug-likeness (QED) is 0.320. The van der Waals surface area contributed by atoms with Gasteiger partial charge in [0.15, 0.2) is 0 Å². The fraction of sp³-hybridized carbons (Fsp3) is 0.364. The van der Waals surface area contributed by atoms with Gasteiger partial charge in [0.2, 0.25) is 6.41 Å². The highest BCUT2D eigenvalue weighted by Crippen LogP contribution is 2.22. The Morgan fingerprint density at radius 1 is 1.68 bits per heavy atom. The van der Waals surface area contributed by atoms with Crippen LogP contribution in [-0.4, -0.2) is 47.1 Å². The number of aromatic hydroxyl groups is 1. The number of nitrogens with zero attached hydrogens (tertiary/aromatic N) is 2. The molecule has 0 aromatic carbocycles. The van der Waals surface area contributed by atoms with E-state index in [1.807, 2.05) is 0 Å². The number of rotatable bonds is 7. The lowest BCUT2D eigenvalue weighted by molar-refractivity contribution is -0.105. The summed E-state index contributed by atoms with van der Waals surface area (Å²) in [6, 6.07) is 1.30. The van der Waals surface area contributed by atoms with Crippen LogP contribution in [0.4, 0.5) is 5.82 Å². The Bertz CT molecular complexity index is 459. The van der Waals surface area contributed by atoms with Crippen LogP contribution in [-0.2, 0) is 4.79 Å². The fourth-order valence-electron chi connectivity index (χ4n) is 1.48. The molecule has 1 aromatic heterocycles. The van der Waals surface area contributed by atoms with Crippen molar-refractivity contribution in [2.45, 2.75) is 6.42 Å². The van der Waals surface area contributed by atoms with Gasteiger partial charge in [0.1, 0.15) is 11.6 Å². The van der Waals surface area contributed by atoms with E-state index in [0.717, 1.165) is 18.8 Å². The molecule has 19 heavy (non-hydrogen) atoms. The predicted octanol–water partition coefficient (Wildman–Crippen LogP) is 1.85. The van der Waals surface area contributed by atoms with Gasteiger partial charge in [-0.2, -0.15) is 0 Å². The predicted molar refractivity (Wildman–Crippen MR) is 84.4 cm³/mol. The van der Waals surface area contributed by atoms with Crippen molar-refractivity contribution in [1.82, 2.24) is 9.88 Å². The van der Waals surface area contributed by atoms with E-state index in [9.17, 15) is 14.7 Å². The van der Waals surface area contributed by atoms with E-state index in [0.29, 0.717) is 13.0 Å². The van der Waals surface area contributed by atoms with E-state index in [2.05, 4.69) is 32.3 Å². The van der Waals surface area contributed by atoms with E-state index >= 15 is 0 Å².